The second-order valence-electron chi connectivity index (χ2n) is 7.42. The van der Waals surface area contributed by atoms with Crippen molar-refractivity contribution in [3.05, 3.63) is 69.1 Å². The Labute approximate surface area is 206 Å². The molecule has 9 nitrogen and oxygen atoms in total. The molecule has 0 saturated heterocycles. The molecule has 34 heavy (non-hydrogen) atoms. The van der Waals surface area contributed by atoms with Crippen molar-refractivity contribution >= 4 is 39.0 Å². The van der Waals surface area contributed by atoms with Crippen LogP contribution in [0.25, 0.3) is 11.3 Å². The first kappa shape index (κ1) is 24.1. The Morgan fingerprint density at radius 2 is 1.82 bits per heavy atom. The molecule has 0 unspecified atom stereocenters. The van der Waals surface area contributed by atoms with E-state index >= 15 is 0 Å². The maximum Gasteiger partial charge on any atom is 0.324 e. The van der Waals surface area contributed by atoms with Crippen LogP contribution in [0.4, 0.5) is 5.82 Å². The predicted molar refractivity (Wildman–Crippen MR) is 131 cm³/mol. The number of pyridine rings is 1. The molecule has 3 aromatic rings. The van der Waals surface area contributed by atoms with Crippen molar-refractivity contribution in [2.45, 2.75) is 12.8 Å². The molecule has 0 aliphatic carbocycles. The van der Waals surface area contributed by atoms with Gasteiger partial charge in [-0.15, -0.1) is 0 Å². The third-order valence-electron chi connectivity index (χ3n) is 4.78. The summed E-state index contributed by atoms with van der Waals surface area (Å²) in [5.41, 5.74) is 0.672. The van der Waals surface area contributed by atoms with E-state index in [1.165, 1.54) is 22.8 Å². The number of halogens is 2. The number of rotatable bonds is 1. The van der Waals surface area contributed by atoms with E-state index in [0.717, 1.165) is 0 Å². The van der Waals surface area contributed by atoms with Gasteiger partial charge in [-0.2, -0.15) is 9.97 Å². The number of aryl methyl sites for hydroxylation is 1. The van der Waals surface area contributed by atoms with Gasteiger partial charge in [0.05, 0.1) is 18.1 Å². The minimum Gasteiger partial charge on any atom is -0.492 e. The zero-order valence-electron chi connectivity index (χ0n) is 18.0. The number of nitrogens with one attached hydrogen (secondary N) is 1. The Morgan fingerprint density at radius 1 is 1.06 bits per heavy atom. The van der Waals surface area contributed by atoms with Gasteiger partial charge in [-0.3, -0.25) is 9.52 Å². The Morgan fingerprint density at radius 3 is 2.62 bits per heavy atom. The number of hydrogen-bond acceptors (Lipinski definition) is 7. The highest BCUT2D eigenvalue weighted by molar-refractivity contribution is 7.92. The van der Waals surface area contributed by atoms with E-state index in [9.17, 15) is 13.2 Å². The molecule has 0 radical (unpaired) electrons. The molecule has 4 bridgehead atoms. The molecule has 2 aromatic heterocycles. The zero-order valence-corrected chi connectivity index (χ0v) is 20.3. The Balaban J connectivity index is 1.84. The minimum absolute atomic E-state index is 0.000416. The van der Waals surface area contributed by atoms with Crippen LogP contribution in [-0.2, 0) is 17.1 Å². The van der Waals surface area contributed by atoms with Crippen LogP contribution in [-0.4, -0.2) is 35.3 Å². The third kappa shape index (κ3) is 5.88. The van der Waals surface area contributed by atoms with Gasteiger partial charge in [0.2, 0.25) is 15.6 Å². The molecular formula is C22H20Cl2N4O5S. The summed E-state index contributed by atoms with van der Waals surface area (Å²) in [6.45, 7) is 0.309. The van der Waals surface area contributed by atoms with Gasteiger partial charge in [-0.1, -0.05) is 35.4 Å². The van der Waals surface area contributed by atoms with Crippen LogP contribution in [0, 0.1) is 0 Å². The van der Waals surface area contributed by atoms with Crippen molar-refractivity contribution in [1.29, 1.82) is 0 Å². The number of allylic oxidation sites excluding steroid dienone is 1. The monoisotopic (exact) mass is 522 g/mol. The average Bonchev–Trinajstić information content (AvgIpc) is 2.76. The topological polar surface area (TPSA) is 112 Å². The summed E-state index contributed by atoms with van der Waals surface area (Å²) in [4.78, 5) is 20.4. The largest absolute Gasteiger partial charge is 0.492 e. The lowest BCUT2D eigenvalue weighted by Gasteiger charge is -2.14. The fourth-order valence-electron chi connectivity index (χ4n) is 3.14. The van der Waals surface area contributed by atoms with Crippen molar-refractivity contribution in [1.82, 2.24) is 14.5 Å². The summed E-state index contributed by atoms with van der Waals surface area (Å²) in [6, 6.07) is 7.28. The molecule has 1 N–H and O–H groups in total. The number of ether oxygens (including phenoxy) is 2. The number of sulfonamides is 1. The van der Waals surface area contributed by atoms with E-state index < -0.39 is 10.0 Å². The molecule has 1 aromatic carbocycles. The molecule has 3 heterocycles. The lowest BCUT2D eigenvalue weighted by Crippen LogP contribution is -2.18. The standard InChI is InChI=1S/C22H20Cl2N4O5S/c1-28-13-14(6-7-20(28)29)16-12-19-26-22(25-16)33-18-11-15(23)10-17(21(18)24)32-8-4-2-3-5-9-34(30,31)27-19/h2-3,6-7,10-13H,4-5,8-9H2,1H3,(H,25,26,27)/b3-2-. The molecule has 0 atom stereocenters. The molecular weight excluding hydrogens is 503 g/mol. The predicted octanol–water partition coefficient (Wildman–Crippen LogP) is 4.41. The highest BCUT2D eigenvalue weighted by Crippen LogP contribution is 2.39. The molecule has 0 fully saturated rings. The van der Waals surface area contributed by atoms with Crippen LogP contribution in [0.3, 0.4) is 0 Å². The smallest absolute Gasteiger partial charge is 0.324 e. The van der Waals surface area contributed by atoms with E-state index in [4.69, 9.17) is 32.7 Å². The first-order valence-electron chi connectivity index (χ1n) is 10.2. The second-order valence-corrected chi connectivity index (χ2v) is 10.1. The Kier molecular flexibility index (Phi) is 7.11. The molecule has 1 aliphatic rings. The number of nitrogens with zero attached hydrogens (tertiary/aromatic N) is 3. The summed E-state index contributed by atoms with van der Waals surface area (Å²) >= 11 is 12.7. The summed E-state index contributed by atoms with van der Waals surface area (Å²) in [5.74, 6) is 0.331. The van der Waals surface area contributed by atoms with Crippen LogP contribution in [0.15, 0.2) is 53.5 Å². The van der Waals surface area contributed by atoms with Gasteiger partial charge >= 0.3 is 6.01 Å². The summed E-state index contributed by atoms with van der Waals surface area (Å²) < 4.78 is 40.6. The molecule has 4 rings (SSSR count). The quantitative estimate of drug-likeness (QED) is 0.470. The first-order chi connectivity index (χ1) is 16.2. The SMILES string of the molecule is Cn1cc(-c2cc3nc(n2)Oc2cc(Cl)cc(c2Cl)OCC/C=C\CCS(=O)(=O)N3)ccc1=O. The van der Waals surface area contributed by atoms with Gasteiger partial charge in [0.25, 0.3) is 0 Å². The van der Waals surface area contributed by atoms with E-state index in [1.807, 2.05) is 6.08 Å². The third-order valence-corrected chi connectivity index (χ3v) is 6.67. The van der Waals surface area contributed by atoms with Gasteiger partial charge in [0.1, 0.15) is 16.6 Å². The average molecular weight is 523 g/mol. The van der Waals surface area contributed by atoms with Crippen molar-refractivity contribution in [3.8, 4) is 28.8 Å². The molecule has 1 aliphatic heterocycles. The number of hydrogen-bond donors (Lipinski definition) is 1. The van der Waals surface area contributed by atoms with Crippen molar-refractivity contribution in [2.24, 2.45) is 7.05 Å². The van der Waals surface area contributed by atoms with Crippen LogP contribution in [0.2, 0.25) is 10.0 Å². The molecule has 12 heteroatoms. The molecule has 0 amide bonds. The van der Waals surface area contributed by atoms with E-state index in [-0.39, 0.29) is 33.9 Å². The number of fused-ring (bicyclic) bond motifs is 4. The summed E-state index contributed by atoms with van der Waals surface area (Å²) in [7, 11) is -2.11. The van der Waals surface area contributed by atoms with Gasteiger partial charge in [-0.05, 0) is 18.9 Å². The van der Waals surface area contributed by atoms with Gasteiger partial charge < -0.3 is 14.0 Å². The summed E-state index contributed by atoms with van der Waals surface area (Å²) in [5, 5.41) is 0.486. The fourth-order valence-corrected chi connectivity index (χ4v) is 4.51. The highest BCUT2D eigenvalue weighted by atomic mass is 35.5. The summed E-state index contributed by atoms with van der Waals surface area (Å²) in [6.07, 6.45) is 6.03. The molecule has 0 saturated carbocycles. The zero-order chi connectivity index (χ0) is 24.3. The van der Waals surface area contributed by atoms with Crippen molar-refractivity contribution < 1.29 is 17.9 Å². The normalized spacial score (nSPS) is 16.6. The first-order valence-corrected chi connectivity index (χ1v) is 12.6. The maximum absolute atomic E-state index is 12.6. The minimum atomic E-state index is -3.71. The Bertz CT molecular complexity index is 1420. The van der Waals surface area contributed by atoms with Crippen LogP contribution >= 0.6 is 23.2 Å². The van der Waals surface area contributed by atoms with Crippen LogP contribution < -0.4 is 19.8 Å². The molecule has 178 valence electrons. The van der Waals surface area contributed by atoms with E-state index in [2.05, 4.69) is 14.7 Å². The van der Waals surface area contributed by atoms with Crippen LogP contribution in [0.5, 0.6) is 17.5 Å². The number of benzene rings is 1. The number of aromatic nitrogens is 3. The second kappa shape index (κ2) is 10.0. The number of anilines is 1. The van der Waals surface area contributed by atoms with Crippen molar-refractivity contribution in [3.63, 3.8) is 0 Å². The van der Waals surface area contributed by atoms with Gasteiger partial charge in [0.15, 0.2) is 5.75 Å². The fraction of sp³-hybridized carbons (Fsp3) is 0.227. The molecule has 0 spiro atoms. The van der Waals surface area contributed by atoms with Crippen LogP contribution in [0.1, 0.15) is 12.8 Å². The Hall–Kier alpha value is -3.08. The lowest BCUT2D eigenvalue weighted by molar-refractivity contribution is 0.323. The lowest BCUT2D eigenvalue weighted by atomic mass is 10.2. The maximum atomic E-state index is 12.6. The van der Waals surface area contributed by atoms with Gasteiger partial charge in [-0.25, -0.2) is 8.42 Å². The van der Waals surface area contributed by atoms with E-state index in [1.54, 1.807) is 31.5 Å². The highest BCUT2D eigenvalue weighted by Gasteiger charge is 2.18. The van der Waals surface area contributed by atoms with E-state index in [0.29, 0.717) is 41.5 Å². The van der Waals surface area contributed by atoms with Gasteiger partial charge in [0, 0.05) is 48.1 Å². The van der Waals surface area contributed by atoms with Crippen molar-refractivity contribution in [2.75, 3.05) is 17.1 Å².